The van der Waals surface area contributed by atoms with E-state index in [0.717, 1.165) is 71.0 Å². The molecule has 35 heavy (non-hydrogen) atoms. The van der Waals surface area contributed by atoms with Crippen molar-refractivity contribution in [2.45, 2.75) is 39.7 Å². The van der Waals surface area contributed by atoms with Crippen LogP contribution in [-0.4, -0.2) is 31.3 Å². The molecule has 0 amide bonds. The Morgan fingerprint density at radius 2 is 1.86 bits per heavy atom. The SMILES string of the molecule is CCc1cccc(CC)c1-n1nc2c(c1-c1ccc(Cl)c3[nH]ccc13)CN(c1cnccn1)CC2. The van der Waals surface area contributed by atoms with E-state index in [1.165, 1.54) is 22.4 Å². The average molecular weight is 483 g/mol. The van der Waals surface area contributed by atoms with Crippen LogP contribution in [0.2, 0.25) is 5.02 Å². The van der Waals surface area contributed by atoms with Gasteiger partial charge >= 0.3 is 0 Å². The summed E-state index contributed by atoms with van der Waals surface area (Å²) in [5.74, 6) is 0.892. The van der Waals surface area contributed by atoms with Gasteiger partial charge in [0.05, 0.1) is 33.8 Å². The molecule has 3 aromatic heterocycles. The van der Waals surface area contributed by atoms with Crippen LogP contribution in [0.3, 0.4) is 0 Å². The van der Waals surface area contributed by atoms with Crippen molar-refractivity contribution in [3.63, 3.8) is 0 Å². The van der Waals surface area contributed by atoms with Gasteiger partial charge in [-0.25, -0.2) is 9.67 Å². The zero-order chi connectivity index (χ0) is 23.9. The summed E-state index contributed by atoms with van der Waals surface area (Å²) in [5, 5.41) is 7.09. The molecule has 7 heteroatoms. The summed E-state index contributed by atoms with van der Waals surface area (Å²) in [7, 11) is 0. The third kappa shape index (κ3) is 3.60. The molecular weight excluding hydrogens is 456 g/mol. The van der Waals surface area contributed by atoms with Crippen LogP contribution in [0.4, 0.5) is 5.82 Å². The van der Waals surface area contributed by atoms with Crippen LogP contribution in [0.1, 0.15) is 36.2 Å². The van der Waals surface area contributed by atoms with Crippen LogP contribution in [0.5, 0.6) is 0 Å². The molecule has 0 aliphatic carbocycles. The number of hydrogen-bond acceptors (Lipinski definition) is 4. The van der Waals surface area contributed by atoms with E-state index in [9.17, 15) is 0 Å². The topological polar surface area (TPSA) is 62.6 Å². The molecule has 0 fully saturated rings. The highest BCUT2D eigenvalue weighted by molar-refractivity contribution is 6.35. The number of hydrogen-bond donors (Lipinski definition) is 1. The van der Waals surface area contributed by atoms with Gasteiger partial charge in [-0.1, -0.05) is 49.7 Å². The van der Waals surface area contributed by atoms with Crippen molar-refractivity contribution < 1.29 is 0 Å². The predicted octanol–water partition coefficient (Wildman–Crippen LogP) is 6.15. The number of H-pyrrole nitrogens is 1. The number of nitrogens with zero attached hydrogens (tertiary/aromatic N) is 5. The zero-order valence-electron chi connectivity index (χ0n) is 19.9. The van der Waals surface area contributed by atoms with Crippen molar-refractivity contribution in [2.75, 3.05) is 11.4 Å². The smallest absolute Gasteiger partial charge is 0.147 e. The van der Waals surface area contributed by atoms with E-state index in [-0.39, 0.29) is 0 Å². The third-order valence-electron chi connectivity index (χ3n) is 7.01. The molecule has 6 rings (SSSR count). The highest BCUT2D eigenvalue weighted by Crippen LogP contribution is 2.40. The third-order valence-corrected chi connectivity index (χ3v) is 7.33. The number of benzene rings is 2. The normalized spacial score (nSPS) is 13.4. The summed E-state index contributed by atoms with van der Waals surface area (Å²) in [6, 6.07) is 12.8. The fraction of sp³-hybridized carbons (Fsp3) is 0.250. The molecule has 0 saturated heterocycles. The van der Waals surface area contributed by atoms with Gasteiger partial charge in [-0.2, -0.15) is 5.10 Å². The van der Waals surface area contributed by atoms with Gasteiger partial charge in [-0.3, -0.25) is 4.98 Å². The van der Waals surface area contributed by atoms with Crippen molar-refractivity contribution in [2.24, 2.45) is 0 Å². The van der Waals surface area contributed by atoms with E-state index in [1.54, 1.807) is 12.4 Å². The quantitative estimate of drug-likeness (QED) is 0.326. The number of nitrogens with one attached hydrogen (secondary N) is 1. The molecule has 1 aliphatic rings. The van der Waals surface area contributed by atoms with Crippen LogP contribution in [0, 0.1) is 0 Å². The standard InChI is InChI=1S/C28H27ClN6/c1-3-18-6-5-7-19(4-2)27(18)35-28(21-8-9-23(29)26-20(21)10-12-32-26)22-17-34(15-11-24(22)33-35)25-16-30-13-14-31-25/h5-10,12-14,16,32H,3-4,11,15,17H2,1-2H3. The Bertz CT molecular complexity index is 1500. The lowest BCUT2D eigenvalue weighted by Gasteiger charge is -2.27. The molecule has 0 bridgehead atoms. The number of rotatable bonds is 5. The van der Waals surface area contributed by atoms with Crippen LogP contribution in [0.25, 0.3) is 27.8 Å². The number of aryl methyl sites for hydroxylation is 2. The molecule has 0 saturated carbocycles. The van der Waals surface area contributed by atoms with Crippen molar-refractivity contribution >= 4 is 28.3 Å². The molecule has 4 heterocycles. The van der Waals surface area contributed by atoms with Crippen LogP contribution >= 0.6 is 11.6 Å². The maximum absolute atomic E-state index is 6.55. The molecule has 1 aliphatic heterocycles. The molecule has 2 aromatic carbocycles. The second kappa shape index (κ2) is 8.86. The molecule has 1 N–H and O–H groups in total. The number of anilines is 1. The second-order valence-electron chi connectivity index (χ2n) is 8.91. The Morgan fingerprint density at radius 1 is 1.03 bits per heavy atom. The minimum absolute atomic E-state index is 0.720. The lowest BCUT2D eigenvalue weighted by Crippen LogP contribution is -2.31. The summed E-state index contributed by atoms with van der Waals surface area (Å²) >= 11 is 6.55. The van der Waals surface area contributed by atoms with Crippen molar-refractivity contribution in [1.29, 1.82) is 0 Å². The summed E-state index contributed by atoms with van der Waals surface area (Å²) in [6.07, 6.45) is 10.00. The van der Waals surface area contributed by atoms with Crippen LogP contribution < -0.4 is 4.90 Å². The first-order valence-electron chi connectivity index (χ1n) is 12.2. The Morgan fingerprint density at radius 3 is 2.60 bits per heavy atom. The Balaban J connectivity index is 1.63. The summed E-state index contributed by atoms with van der Waals surface area (Å²) in [5.41, 5.74) is 9.40. The summed E-state index contributed by atoms with van der Waals surface area (Å²) in [6.45, 7) is 6.01. The van der Waals surface area contributed by atoms with Gasteiger partial charge in [0.1, 0.15) is 5.82 Å². The average Bonchev–Trinajstić information content (AvgIpc) is 3.55. The Labute approximate surface area is 209 Å². The number of halogens is 1. The first kappa shape index (κ1) is 21.9. The fourth-order valence-corrected chi connectivity index (χ4v) is 5.50. The lowest BCUT2D eigenvalue weighted by molar-refractivity contribution is 0.703. The van der Waals surface area contributed by atoms with E-state index in [4.69, 9.17) is 16.7 Å². The number of aromatic amines is 1. The first-order chi connectivity index (χ1) is 17.2. The van der Waals surface area contributed by atoms with E-state index in [2.05, 4.69) is 68.7 Å². The monoisotopic (exact) mass is 482 g/mol. The number of para-hydroxylation sites is 1. The van der Waals surface area contributed by atoms with Gasteiger partial charge in [0.25, 0.3) is 0 Å². The maximum Gasteiger partial charge on any atom is 0.147 e. The van der Waals surface area contributed by atoms with E-state index < -0.39 is 0 Å². The van der Waals surface area contributed by atoms with Gasteiger partial charge in [-0.05, 0) is 36.1 Å². The molecule has 176 valence electrons. The Kier molecular flexibility index (Phi) is 5.53. The summed E-state index contributed by atoms with van der Waals surface area (Å²) < 4.78 is 2.21. The van der Waals surface area contributed by atoms with E-state index in [0.29, 0.717) is 0 Å². The van der Waals surface area contributed by atoms with Crippen molar-refractivity contribution in [1.82, 2.24) is 24.7 Å². The molecule has 0 unspecified atom stereocenters. The lowest BCUT2D eigenvalue weighted by atomic mass is 9.97. The largest absolute Gasteiger partial charge is 0.360 e. The van der Waals surface area contributed by atoms with Crippen LogP contribution in [-0.2, 0) is 25.8 Å². The minimum Gasteiger partial charge on any atom is -0.360 e. The highest BCUT2D eigenvalue weighted by Gasteiger charge is 2.29. The Hall–Kier alpha value is -3.64. The fourth-order valence-electron chi connectivity index (χ4n) is 5.28. The summed E-state index contributed by atoms with van der Waals surface area (Å²) in [4.78, 5) is 14.5. The molecule has 5 aromatic rings. The van der Waals surface area contributed by atoms with Gasteiger partial charge < -0.3 is 9.88 Å². The number of fused-ring (bicyclic) bond motifs is 2. The van der Waals surface area contributed by atoms with Gasteiger partial charge in [0, 0.05) is 54.6 Å². The molecule has 0 radical (unpaired) electrons. The molecule has 0 spiro atoms. The van der Waals surface area contributed by atoms with Gasteiger partial charge in [0.2, 0.25) is 0 Å². The first-order valence-corrected chi connectivity index (χ1v) is 12.6. The maximum atomic E-state index is 6.55. The molecule has 6 nitrogen and oxygen atoms in total. The van der Waals surface area contributed by atoms with Gasteiger partial charge in [-0.15, -0.1) is 0 Å². The zero-order valence-corrected chi connectivity index (χ0v) is 20.7. The van der Waals surface area contributed by atoms with Crippen LogP contribution in [0.15, 0.2) is 61.2 Å². The second-order valence-corrected chi connectivity index (χ2v) is 9.32. The van der Waals surface area contributed by atoms with Crippen molar-refractivity contribution in [3.8, 4) is 16.9 Å². The van der Waals surface area contributed by atoms with Crippen molar-refractivity contribution in [3.05, 3.63) is 88.6 Å². The van der Waals surface area contributed by atoms with E-state index >= 15 is 0 Å². The highest BCUT2D eigenvalue weighted by atomic mass is 35.5. The molecule has 0 atom stereocenters. The number of aromatic nitrogens is 5. The van der Waals surface area contributed by atoms with Gasteiger partial charge in [0.15, 0.2) is 0 Å². The minimum atomic E-state index is 0.720. The van der Waals surface area contributed by atoms with E-state index in [1.807, 2.05) is 18.5 Å². The molecular formula is C28H27ClN6. The predicted molar refractivity (Wildman–Crippen MR) is 141 cm³/mol.